The molecule has 4 rings (SSSR count). The zero-order valence-corrected chi connectivity index (χ0v) is 18.5. The number of hydrogen-bond acceptors (Lipinski definition) is 4. The van der Waals surface area contributed by atoms with Crippen molar-refractivity contribution in [2.45, 2.75) is 13.3 Å². The van der Waals surface area contributed by atoms with E-state index in [0.717, 1.165) is 37.7 Å². The first kappa shape index (κ1) is 19.9. The van der Waals surface area contributed by atoms with E-state index in [2.05, 4.69) is 55.9 Å². The van der Waals surface area contributed by atoms with Gasteiger partial charge < -0.3 is 20.5 Å². The average molecular weight is 496 g/mol. The molecule has 1 fully saturated rings. The maximum Gasteiger partial charge on any atom is 0.191 e. The summed E-state index contributed by atoms with van der Waals surface area (Å²) in [6.07, 6.45) is 2.75. The topological polar surface area (TPSA) is 73.5 Å². The van der Waals surface area contributed by atoms with Gasteiger partial charge in [-0.2, -0.15) is 0 Å². The number of hydrogen-bond donors (Lipinski definition) is 2. The monoisotopic (exact) mass is 496 g/mol. The van der Waals surface area contributed by atoms with Gasteiger partial charge in [0.1, 0.15) is 0 Å². The van der Waals surface area contributed by atoms with Gasteiger partial charge in [0, 0.05) is 60.9 Å². The SMILES string of the molecule is Cc1[nH]c2ccccc2c1CCN=C(N)N1CCN(c2nccs2)CC1.I. The molecule has 0 amide bonds. The summed E-state index contributed by atoms with van der Waals surface area (Å²) in [5.41, 5.74) is 9.99. The number of benzene rings is 1. The van der Waals surface area contributed by atoms with Crippen LogP contribution in [0.5, 0.6) is 0 Å². The summed E-state index contributed by atoms with van der Waals surface area (Å²) in [4.78, 5) is 16.9. The molecule has 144 valence electrons. The first-order valence-electron chi connectivity index (χ1n) is 8.98. The van der Waals surface area contributed by atoms with Crippen LogP contribution in [0.3, 0.4) is 0 Å². The van der Waals surface area contributed by atoms with E-state index in [1.54, 1.807) is 11.3 Å². The number of H-pyrrole nitrogens is 1. The number of para-hydroxylation sites is 1. The number of aliphatic imine (C=N–C) groups is 1. The minimum absolute atomic E-state index is 0. The Hall–Kier alpha value is -1.81. The number of nitrogens with two attached hydrogens (primary N) is 1. The Morgan fingerprint density at radius 3 is 2.78 bits per heavy atom. The lowest BCUT2D eigenvalue weighted by Gasteiger charge is -2.35. The van der Waals surface area contributed by atoms with Crippen LogP contribution in [0.15, 0.2) is 40.8 Å². The summed E-state index contributed by atoms with van der Waals surface area (Å²) >= 11 is 1.69. The van der Waals surface area contributed by atoms with Crippen LogP contribution < -0.4 is 10.6 Å². The average Bonchev–Trinajstić information content (AvgIpc) is 3.30. The molecule has 3 heterocycles. The van der Waals surface area contributed by atoms with E-state index in [0.29, 0.717) is 12.5 Å². The molecule has 0 atom stereocenters. The van der Waals surface area contributed by atoms with Gasteiger partial charge in [0.25, 0.3) is 0 Å². The zero-order chi connectivity index (χ0) is 17.9. The van der Waals surface area contributed by atoms with Crippen molar-refractivity contribution in [2.24, 2.45) is 10.7 Å². The Bertz CT molecular complexity index is 896. The fourth-order valence-electron chi connectivity index (χ4n) is 3.54. The number of halogens is 1. The molecule has 0 radical (unpaired) electrons. The molecule has 27 heavy (non-hydrogen) atoms. The van der Waals surface area contributed by atoms with Crippen LogP contribution in [0.4, 0.5) is 5.13 Å². The third-order valence-electron chi connectivity index (χ3n) is 4.96. The van der Waals surface area contributed by atoms with Crippen molar-refractivity contribution >= 4 is 57.3 Å². The Balaban J connectivity index is 0.00000210. The van der Waals surface area contributed by atoms with Crippen molar-refractivity contribution in [3.8, 4) is 0 Å². The fraction of sp³-hybridized carbons (Fsp3) is 0.368. The number of nitrogens with one attached hydrogen (secondary N) is 1. The minimum atomic E-state index is 0. The molecule has 8 heteroatoms. The highest BCUT2D eigenvalue weighted by Crippen LogP contribution is 2.22. The lowest BCUT2D eigenvalue weighted by molar-refractivity contribution is 0.380. The molecular formula is C19H25IN6S. The van der Waals surface area contributed by atoms with Gasteiger partial charge in [-0.25, -0.2) is 4.98 Å². The predicted octanol–water partition coefficient (Wildman–Crippen LogP) is 3.23. The first-order chi connectivity index (χ1) is 12.7. The standard InChI is InChI=1S/C19H24N6S.HI/c1-14-15(16-4-2-3-5-17(16)23-14)6-7-21-18(20)24-9-11-25(12-10-24)19-22-8-13-26-19;/h2-5,8,13,23H,6-7,9-12H2,1H3,(H2,20,21);1H. The van der Waals surface area contributed by atoms with Gasteiger partial charge in [-0.15, -0.1) is 35.3 Å². The van der Waals surface area contributed by atoms with Gasteiger partial charge in [-0.05, 0) is 25.0 Å². The molecule has 0 aliphatic carbocycles. The number of aromatic amines is 1. The fourth-order valence-corrected chi connectivity index (χ4v) is 4.23. The van der Waals surface area contributed by atoms with Crippen molar-refractivity contribution < 1.29 is 0 Å². The molecule has 1 aliphatic rings. The summed E-state index contributed by atoms with van der Waals surface area (Å²) in [6.45, 7) is 6.49. The van der Waals surface area contributed by atoms with E-state index in [4.69, 9.17) is 5.73 Å². The van der Waals surface area contributed by atoms with E-state index in [9.17, 15) is 0 Å². The van der Waals surface area contributed by atoms with E-state index in [-0.39, 0.29) is 24.0 Å². The van der Waals surface area contributed by atoms with Gasteiger partial charge in [0.2, 0.25) is 0 Å². The quantitative estimate of drug-likeness (QED) is 0.331. The maximum absolute atomic E-state index is 6.24. The molecule has 2 aromatic heterocycles. The third kappa shape index (κ3) is 4.37. The molecule has 0 bridgehead atoms. The maximum atomic E-state index is 6.24. The molecule has 0 unspecified atom stereocenters. The van der Waals surface area contributed by atoms with Crippen LogP contribution in [-0.2, 0) is 6.42 Å². The van der Waals surface area contributed by atoms with Crippen molar-refractivity contribution in [2.75, 3.05) is 37.6 Å². The van der Waals surface area contributed by atoms with Gasteiger partial charge >= 0.3 is 0 Å². The number of nitrogens with zero attached hydrogens (tertiary/aromatic N) is 4. The predicted molar refractivity (Wildman–Crippen MR) is 125 cm³/mol. The summed E-state index contributed by atoms with van der Waals surface area (Å²) in [7, 11) is 0. The van der Waals surface area contributed by atoms with Crippen LogP contribution in [-0.4, -0.2) is 53.6 Å². The highest BCUT2D eigenvalue weighted by atomic mass is 127. The van der Waals surface area contributed by atoms with Gasteiger partial charge in [-0.3, -0.25) is 4.99 Å². The van der Waals surface area contributed by atoms with Gasteiger partial charge in [-0.1, -0.05) is 18.2 Å². The molecule has 1 saturated heterocycles. The van der Waals surface area contributed by atoms with Gasteiger partial charge in [0.05, 0.1) is 0 Å². The molecule has 6 nitrogen and oxygen atoms in total. The van der Waals surface area contributed by atoms with Crippen LogP contribution in [0.25, 0.3) is 10.9 Å². The highest BCUT2D eigenvalue weighted by Gasteiger charge is 2.19. The second-order valence-electron chi connectivity index (χ2n) is 6.55. The second kappa shape index (κ2) is 8.92. The van der Waals surface area contributed by atoms with Gasteiger partial charge in [0.15, 0.2) is 11.1 Å². The van der Waals surface area contributed by atoms with Crippen LogP contribution in [0.2, 0.25) is 0 Å². The largest absolute Gasteiger partial charge is 0.370 e. The summed E-state index contributed by atoms with van der Waals surface area (Å²) in [5, 5.41) is 4.40. The number of guanidine groups is 1. The van der Waals surface area contributed by atoms with Crippen molar-refractivity contribution in [1.29, 1.82) is 0 Å². The Labute approximate surface area is 180 Å². The lowest BCUT2D eigenvalue weighted by Crippen LogP contribution is -2.51. The number of piperazine rings is 1. The normalized spacial score (nSPS) is 15.2. The smallest absolute Gasteiger partial charge is 0.191 e. The number of rotatable bonds is 4. The van der Waals surface area contributed by atoms with Crippen molar-refractivity contribution in [3.63, 3.8) is 0 Å². The van der Waals surface area contributed by atoms with Crippen molar-refractivity contribution in [3.05, 3.63) is 47.1 Å². The van der Waals surface area contributed by atoms with E-state index in [1.807, 2.05) is 11.6 Å². The number of anilines is 1. The van der Waals surface area contributed by atoms with Crippen molar-refractivity contribution in [1.82, 2.24) is 14.9 Å². The molecule has 1 aliphatic heterocycles. The van der Waals surface area contributed by atoms with E-state index >= 15 is 0 Å². The van der Waals surface area contributed by atoms with E-state index in [1.165, 1.54) is 22.2 Å². The summed E-state index contributed by atoms with van der Waals surface area (Å²) < 4.78 is 0. The molecular weight excluding hydrogens is 471 g/mol. The number of thiazole rings is 1. The highest BCUT2D eigenvalue weighted by molar-refractivity contribution is 14.0. The Morgan fingerprint density at radius 2 is 2.04 bits per heavy atom. The third-order valence-corrected chi connectivity index (χ3v) is 5.79. The number of fused-ring (bicyclic) bond motifs is 1. The van der Waals surface area contributed by atoms with Crippen LogP contribution in [0.1, 0.15) is 11.3 Å². The minimum Gasteiger partial charge on any atom is -0.370 e. The second-order valence-corrected chi connectivity index (χ2v) is 7.43. The molecule has 0 saturated carbocycles. The first-order valence-corrected chi connectivity index (χ1v) is 9.86. The molecule has 1 aromatic carbocycles. The molecule has 0 spiro atoms. The number of aryl methyl sites for hydroxylation is 1. The van der Waals surface area contributed by atoms with Crippen LogP contribution in [0, 0.1) is 6.92 Å². The number of aromatic nitrogens is 2. The summed E-state index contributed by atoms with van der Waals surface area (Å²) in [6, 6.07) is 8.42. The van der Waals surface area contributed by atoms with E-state index < -0.39 is 0 Å². The molecule has 3 N–H and O–H groups in total. The Kier molecular flexibility index (Phi) is 6.59. The van der Waals surface area contributed by atoms with Crippen LogP contribution >= 0.6 is 35.3 Å². The summed E-state index contributed by atoms with van der Waals surface area (Å²) in [5.74, 6) is 0.654. The zero-order valence-electron chi connectivity index (χ0n) is 15.4. The Morgan fingerprint density at radius 1 is 1.26 bits per heavy atom. The lowest BCUT2D eigenvalue weighted by atomic mass is 10.1. The molecule has 3 aromatic rings.